The van der Waals surface area contributed by atoms with E-state index in [2.05, 4.69) is 21.6 Å². The molecule has 1 fully saturated rings. The zero-order valence-corrected chi connectivity index (χ0v) is 17.6. The minimum absolute atomic E-state index is 0. The molecule has 29 heavy (non-hydrogen) atoms. The standard InChI is InChI=1S/C23H25N3O2.ClH/c1-15-23(18-6-3-4-7-20(18)24(15)2)21(27)14-25-11-16-10-17(13-25)19-8-5-9-22(28)26(19)12-16;/h3-9,16-17H,10-14H2,1-2H3;1H/t16?,17-;/m1./s1. The highest BCUT2D eigenvalue weighted by molar-refractivity contribution is 6.10. The fourth-order valence-corrected chi connectivity index (χ4v) is 5.28. The van der Waals surface area contributed by atoms with Gasteiger partial charge in [0.05, 0.1) is 6.54 Å². The molecule has 4 heterocycles. The van der Waals surface area contributed by atoms with Crippen LogP contribution in [0.15, 0.2) is 47.3 Å². The average molecular weight is 412 g/mol. The summed E-state index contributed by atoms with van der Waals surface area (Å²) in [5.74, 6) is 0.968. The monoisotopic (exact) mass is 411 g/mol. The Morgan fingerprint density at radius 3 is 2.69 bits per heavy atom. The highest BCUT2D eigenvalue weighted by Gasteiger charge is 2.35. The fraction of sp³-hybridized carbons (Fsp3) is 0.391. The Morgan fingerprint density at radius 1 is 1.07 bits per heavy atom. The molecule has 152 valence electrons. The lowest BCUT2D eigenvalue weighted by atomic mass is 9.83. The number of hydrogen-bond donors (Lipinski definition) is 0. The van der Waals surface area contributed by atoms with Crippen molar-refractivity contribution < 1.29 is 4.79 Å². The number of rotatable bonds is 3. The first-order chi connectivity index (χ1) is 13.5. The molecular formula is C23H26ClN3O2. The Bertz CT molecular complexity index is 1150. The Hall–Kier alpha value is -2.37. The summed E-state index contributed by atoms with van der Waals surface area (Å²) in [6, 6.07) is 13.7. The van der Waals surface area contributed by atoms with Crippen LogP contribution in [0.3, 0.4) is 0 Å². The van der Waals surface area contributed by atoms with Gasteiger partial charge in [-0.3, -0.25) is 14.5 Å². The number of ketones is 1. The quantitative estimate of drug-likeness (QED) is 0.621. The number of carbonyl (C=O) groups excluding carboxylic acids is 1. The zero-order valence-electron chi connectivity index (χ0n) is 16.8. The van der Waals surface area contributed by atoms with Crippen molar-refractivity contribution in [2.24, 2.45) is 13.0 Å². The molecule has 2 aliphatic heterocycles. The van der Waals surface area contributed by atoms with Gasteiger partial charge in [-0.2, -0.15) is 0 Å². The summed E-state index contributed by atoms with van der Waals surface area (Å²) in [4.78, 5) is 27.8. The maximum Gasteiger partial charge on any atom is 0.250 e. The predicted molar refractivity (Wildman–Crippen MR) is 117 cm³/mol. The van der Waals surface area contributed by atoms with E-state index in [1.54, 1.807) is 6.07 Å². The van der Waals surface area contributed by atoms with Crippen LogP contribution in [0.5, 0.6) is 0 Å². The maximum atomic E-state index is 13.3. The zero-order chi connectivity index (χ0) is 19.4. The van der Waals surface area contributed by atoms with Crippen molar-refractivity contribution in [3.63, 3.8) is 0 Å². The summed E-state index contributed by atoms with van der Waals surface area (Å²) in [5, 5.41) is 1.04. The molecule has 0 saturated carbocycles. The third-order valence-corrected chi connectivity index (χ3v) is 6.60. The van der Waals surface area contributed by atoms with Crippen LogP contribution in [0.4, 0.5) is 0 Å². The molecule has 0 N–H and O–H groups in total. The number of para-hydroxylation sites is 1. The fourth-order valence-electron chi connectivity index (χ4n) is 5.28. The number of benzene rings is 1. The summed E-state index contributed by atoms with van der Waals surface area (Å²) in [7, 11) is 2.02. The Balaban J connectivity index is 0.00000205. The van der Waals surface area contributed by atoms with Crippen LogP contribution < -0.4 is 5.56 Å². The number of pyridine rings is 1. The molecule has 1 aromatic carbocycles. The van der Waals surface area contributed by atoms with E-state index in [4.69, 9.17) is 0 Å². The molecule has 0 radical (unpaired) electrons. The number of carbonyl (C=O) groups is 1. The number of likely N-dealkylation sites (tertiary alicyclic amines) is 1. The highest BCUT2D eigenvalue weighted by Crippen LogP contribution is 2.35. The van der Waals surface area contributed by atoms with Gasteiger partial charge < -0.3 is 9.13 Å². The Labute approximate surface area is 176 Å². The molecular weight excluding hydrogens is 386 g/mol. The van der Waals surface area contributed by atoms with Gasteiger partial charge >= 0.3 is 0 Å². The van der Waals surface area contributed by atoms with E-state index in [9.17, 15) is 9.59 Å². The van der Waals surface area contributed by atoms with Crippen LogP contribution in [0.2, 0.25) is 0 Å². The number of fused-ring (bicyclic) bond motifs is 5. The summed E-state index contributed by atoms with van der Waals surface area (Å²) >= 11 is 0. The van der Waals surface area contributed by atoms with Gasteiger partial charge in [0.1, 0.15) is 0 Å². The van der Waals surface area contributed by atoms with Crippen LogP contribution in [0, 0.1) is 12.8 Å². The molecule has 2 aromatic heterocycles. The molecule has 2 atom stereocenters. The number of aromatic nitrogens is 2. The summed E-state index contributed by atoms with van der Waals surface area (Å²) in [6.07, 6.45) is 1.11. The van der Waals surface area contributed by atoms with Gasteiger partial charge in [-0.05, 0) is 31.4 Å². The Morgan fingerprint density at radius 2 is 1.86 bits per heavy atom. The van der Waals surface area contributed by atoms with Gasteiger partial charge in [0.15, 0.2) is 5.78 Å². The lowest BCUT2D eigenvalue weighted by Gasteiger charge is -2.42. The SMILES string of the molecule is Cc1c(C(=O)CN2CC3C[C@H](C2)c2cccc(=O)n2C3)c2ccccc2n1C.Cl. The van der Waals surface area contributed by atoms with Gasteiger partial charge in [0.2, 0.25) is 0 Å². The average Bonchev–Trinajstić information content (AvgIpc) is 2.94. The lowest BCUT2D eigenvalue weighted by molar-refractivity contribution is 0.0818. The number of nitrogens with zero attached hydrogens (tertiary/aromatic N) is 3. The highest BCUT2D eigenvalue weighted by atomic mass is 35.5. The minimum Gasteiger partial charge on any atom is -0.347 e. The van der Waals surface area contributed by atoms with E-state index in [-0.39, 0.29) is 23.7 Å². The second-order valence-electron chi connectivity index (χ2n) is 8.35. The molecule has 5 rings (SSSR count). The van der Waals surface area contributed by atoms with Gasteiger partial charge in [-0.15, -0.1) is 12.4 Å². The Kier molecular flexibility index (Phi) is 5.13. The number of hydrogen-bond acceptors (Lipinski definition) is 3. The third kappa shape index (κ3) is 3.22. The van der Waals surface area contributed by atoms with Crippen LogP contribution in [0.25, 0.3) is 10.9 Å². The van der Waals surface area contributed by atoms with E-state index >= 15 is 0 Å². The van der Waals surface area contributed by atoms with Crippen molar-refractivity contribution in [1.82, 2.24) is 14.0 Å². The van der Waals surface area contributed by atoms with Crippen LogP contribution >= 0.6 is 12.4 Å². The number of halogens is 1. The van der Waals surface area contributed by atoms with Gasteiger partial charge in [-0.25, -0.2) is 0 Å². The molecule has 6 heteroatoms. The van der Waals surface area contributed by atoms with E-state index < -0.39 is 0 Å². The van der Waals surface area contributed by atoms with Gasteiger partial charge in [0.25, 0.3) is 5.56 Å². The lowest BCUT2D eigenvalue weighted by Crippen LogP contribution is -2.48. The molecule has 1 unspecified atom stereocenters. The number of piperidine rings is 1. The second-order valence-corrected chi connectivity index (χ2v) is 8.35. The van der Waals surface area contributed by atoms with Crippen molar-refractivity contribution in [3.8, 4) is 0 Å². The predicted octanol–water partition coefficient (Wildman–Crippen LogP) is 3.37. The normalized spacial score (nSPS) is 20.9. The largest absolute Gasteiger partial charge is 0.347 e. The molecule has 0 spiro atoms. The van der Waals surface area contributed by atoms with Crippen LogP contribution in [-0.2, 0) is 13.6 Å². The summed E-state index contributed by atoms with van der Waals surface area (Å²) in [5.41, 5.74) is 4.21. The minimum atomic E-state index is 0. The molecule has 5 nitrogen and oxygen atoms in total. The maximum absolute atomic E-state index is 13.3. The van der Waals surface area contributed by atoms with Crippen LogP contribution in [0.1, 0.15) is 34.1 Å². The molecule has 2 bridgehead atoms. The molecule has 3 aromatic rings. The van der Waals surface area contributed by atoms with Crippen molar-refractivity contribution >= 4 is 29.1 Å². The summed E-state index contributed by atoms with van der Waals surface area (Å²) in [6.45, 7) is 4.96. The smallest absolute Gasteiger partial charge is 0.250 e. The number of Topliss-reactive ketones (excluding diaryl/α,β-unsaturated/α-hetero) is 1. The topological polar surface area (TPSA) is 47.2 Å². The number of aryl methyl sites for hydroxylation is 1. The van der Waals surface area contributed by atoms with E-state index in [0.717, 1.165) is 53.9 Å². The van der Waals surface area contributed by atoms with Crippen molar-refractivity contribution in [2.45, 2.75) is 25.8 Å². The van der Waals surface area contributed by atoms with E-state index in [0.29, 0.717) is 18.4 Å². The van der Waals surface area contributed by atoms with Gasteiger partial charge in [0, 0.05) is 66.5 Å². The van der Waals surface area contributed by atoms with E-state index in [1.807, 2.05) is 42.8 Å². The molecule has 0 amide bonds. The first-order valence-corrected chi connectivity index (χ1v) is 10.0. The van der Waals surface area contributed by atoms with Crippen molar-refractivity contribution in [3.05, 3.63) is 69.8 Å². The first kappa shape index (κ1) is 19.9. The second kappa shape index (κ2) is 7.47. The molecule has 2 aliphatic rings. The van der Waals surface area contributed by atoms with Crippen LogP contribution in [-0.4, -0.2) is 39.5 Å². The van der Waals surface area contributed by atoms with Gasteiger partial charge in [-0.1, -0.05) is 24.3 Å². The van der Waals surface area contributed by atoms with Crippen molar-refractivity contribution in [2.75, 3.05) is 19.6 Å². The van der Waals surface area contributed by atoms with E-state index in [1.165, 1.54) is 0 Å². The summed E-state index contributed by atoms with van der Waals surface area (Å²) < 4.78 is 4.04. The first-order valence-electron chi connectivity index (χ1n) is 10.0. The molecule has 1 saturated heterocycles. The van der Waals surface area contributed by atoms with Crippen molar-refractivity contribution in [1.29, 1.82) is 0 Å². The third-order valence-electron chi connectivity index (χ3n) is 6.60. The molecule has 0 aliphatic carbocycles.